The van der Waals surface area contributed by atoms with Crippen molar-refractivity contribution in [2.45, 2.75) is 39.0 Å². The van der Waals surface area contributed by atoms with Crippen LogP contribution in [0.3, 0.4) is 0 Å². The van der Waals surface area contributed by atoms with Gasteiger partial charge in [-0.15, -0.1) is 0 Å². The summed E-state index contributed by atoms with van der Waals surface area (Å²) in [4.78, 5) is 0. The fourth-order valence-corrected chi connectivity index (χ4v) is 1.85. The number of rotatable bonds is 6. The molecule has 0 aromatic rings. The van der Waals surface area contributed by atoms with Crippen molar-refractivity contribution >= 4 is 0 Å². The summed E-state index contributed by atoms with van der Waals surface area (Å²) in [7, 11) is 0. The zero-order valence-electron chi connectivity index (χ0n) is 8.85. The fourth-order valence-electron chi connectivity index (χ4n) is 1.85. The molecular weight excluding hydrogens is 162 g/mol. The first-order chi connectivity index (χ1) is 6.43. The zero-order valence-corrected chi connectivity index (χ0v) is 8.85. The predicted octanol–water partition coefficient (Wildman–Crippen LogP) is 2.19. The van der Waals surface area contributed by atoms with Crippen LogP contribution < -0.4 is 5.32 Å². The smallest absolute Gasteiger partial charge is 0.0494 e. The predicted molar refractivity (Wildman–Crippen MR) is 55.9 cm³/mol. The Labute approximate surface area is 82.0 Å². The standard InChI is InChI=1S/C11H23NO/c1-2-7-12-8-3-5-11-6-4-9-13-10-11/h11-12H,2-10H2,1H3. The van der Waals surface area contributed by atoms with Gasteiger partial charge in [0.15, 0.2) is 0 Å². The quantitative estimate of drug-likeness (QED) is 0.640. The molecule has 0 spiro atoms. The van der Waals surface area contributed by atoms with Gasteiger partial charge in [-0.05, 0) is 51.1 Å². The molecule has 78 valence electrons. The molecule has 0 saturated carbocycles. The van der Waals surface area contributed by atoms with Gasteiger partial charge in [0, 0.05) is 13.2 Å². The van der Waals surface area contributed by atoms with Gasteiger partial charge < -0.3 is 10.1 Å². The van der Waals surface area contributed by atoms with Crippen LogP contribution in [0.4, 0.5) is 0 Å². The average Bonchev–Trinajstić information content (AvgIpc) is 2.19. The topological polar surface area (TPSA) is 21.3 Å². The minimum absolute atomic E-state index is 0.845. The van der Waals surface area contributed by atoms with Gasteiger partial charge in [-0.25, -0.2) is 0 Å². The molecule has 0 radical (unpaired) electrons. The maximum Gasteiger partial charge on any atom is 0.0494 e. The first kappa shape index (κ1) is 11.0. The van der Waals surface area contributed by atoms with E-state index in [4.69, 9.17) is 4.74 Å². The van der Waals surface area contributed by atoms with E-state index in [2.05, 4.69) is 12.2 Å². The second-order valence-corrected chi connectivity index (χ2v) is 3.98. The molecule has 2 heteroatoms. The Morgan fingerprint density at radius 3 is 3.00 bits per heavy atom. The van der Waals surface area contributed by atoms with E-state index in [1.54, 1.807) is 0 Å². The Hall–Kier alpha value is -0.0800. The van der Waals surface area contributed by atoms with E-state index in [1.807, 2.05) is 0 Å². The molecule has 1 aliphatic heterocycles. The van der Waals surface area contributed by atoms with Crippen LogP contribution in [0, 0.1) is 5.92 Å². The molecule has 0 bridgehead atoms. The zero-order chi connectivity index (χ0) is 9.36. The fraction of sp³-hybridized carbons (Fsp3) is 1.00. The van der Waals surface area contributed by atoms with Crippen molar-refractivity contribution in [2.75, 3.05) is 26.3 Å². The van der Waals surface area contributed by atoms with Crippen molar-refractivity contribution in [2.24, 2.45) is 5.92 Å². The molecule has 0 aromatic carbocycles. The van der Waals surface area contributed by atoms with Crippen LogP contribution >= 0.6 is 0 Å². The normalized spacial score (nSPS) is 23.3. The van der Waals surface area contributed by atoms with Crippen molar-refractivity contribution in [3.63, 3.8) is 0 Å². The summed E-state index contributed by atoms with van der Waals surface area (Å²) in [6.45, 7) is 6.56. The Balaban J connectivity index is 1.86. The minimum Gasteiger partial charge on any atom is -0.381 e. The molecule has 1 atom stereocenters. The van der Waals surface area contributed by atoms with Gasteiger partial charge in [0.05, 0.1) is 0 Å². The van der Waals surface area contributed by atoms with Crippen molar-refractivity contribution < 1.29 is 4.74 Å². The van der Waals surface area contributed by atoms with E-state index in [0.717, 1.165) is 19.1 Å². The molecule has 1 aliphatic rings. The Bertz CT molecular complexity index is 111. The van der Waals surface area contributed by atoms with Gasteiger partial charge in [-0.2, -0.15) is 0 Å². The lowest BCUT2D eigenvalue weighted by molar-refractivity contribution is 0.0510. The Kier molecular flexibility index (Phi) is 6.21. The molecule has 1 fully saturated rings. The second kappa shape index (κ2) is 7.34. The second-order valence-electron chi connectivity index (χ2n) is 3.98. The molecule has 0 aromatic heterocycles. The Morgan fingerprint density at radius 2 is 2.31 bits per heavy atom. The van der Waals surface area contributed by atoms with Crippen molar-refractivity contribution in [3.05, 3.63) is 0 Å². The third-order valence-corrected chi connectivity index (χ3v) is 2.65. The monoisotopic (exact) mass is 185 g/mol. The summed E-state index contributed by atoms with van der Waals surface area (Å²) in [6.07, 6.45) is 6.55. The third-order valence-electron chi connectivity index (χ3n) is 2.65. The lowest BCUT2D eigenvalue weighted by Gasteiger charge is -2.21. The van der Waals surface area contributed by atoms with Gasteiger partial charge in [-0.1, -0.05) is 6.92 Å². The summed E-state index contributed by atoms with van der Waals surface area (Å²) in [6, 6.07) is 0. The Morgan fingerprint density at radius 1 is 1.38 bits per heavy atom. The molecule has 0 amide bonds. The first-order valence-electron chi connectivity index (χ1n) is 5.72. The highest BCUT2D eigenvalue weighted by atomic mass is 16.5. The largest absolute Gasteiger partial charge is 0.381 e. The average molecular weight is 185 g/mol. The maximum absolute atomic E-state index is 5.44. The van der Waals surface area contributed by atoms with Crippen LogP contribution in [-0.2, 0) is 4.74 Å². The summed E-state index contributed by atoms with van der Waals surface area (Å²) in [5, 5.41) is 3.43. The SMILES string of the molecule is CCCNCCCC1CCCOC1. The van der Waals surface area contributed by atoms with Crippen LogP contribution in [0.15, 0.2) is 0 Å². The molecular formula is C11H23NO. The van der Waals surface area contributed by atoms with E-state index in [-0.39, 0.29) is 0 Å². The van der Waals surface area contributed by atoms with Crippen molar-refractivity contribution in [1.82, 2.24) is 5.32 Å². The number of nitrogens with one attached hydrogen (secondary N) is 1. The van der Waals surface area contributed by atoms with Crippen molar-refractivity contribution in [3.8, 4) is 0 Å². The van der Waals surface area contributed by atoms with E-state index >= 15 is 0 Å². The lowest BCUT2D eigenvalue weighted by atomic mass is 9.97. The highest BCUT2D eigenvalue weighted by Crippen LogP contribution is 2.17. The summed E-state index contributed by atoms with van der Waals surface area (Å²) < 4.78 is 5.44. The molecule has 1 heterocycles. The van der Waals surface area contributed by atoms with Crippen LogP contribution in [0.25, 0.3) is 0 Å². The molecule has 0 aliphatic carbocycles. The summed E-state index contributed by atoms with van der Waals surface area (Å²) in [5.41, 5.74) is 0. The first-order valence-corrected chi connectivity index (χ1v) is 5.72. The van der Waals surface area contributed by atoms with E-state index in [9.17, 15) is 0 Å². The minimum atomic E-state index is 0.845. The molecule has 1 saturated heterocycles. The van der Waals surface area contributed by atoms with E-state index in [1.165, 1.54) is 45.2 Å². The van der Waals surface area contributed by atoms with Crippen LogP contribution in [0.1, 0.15) is 39.0 Å². The lowest BCUT2D eigenvalue weighted by Crippen LogP contribution is -2.20. The molecule has 1 rings (SSSR count). The van der Waals surface area contributed by atoms with Gasteiger partial charge in [-0.3, -0.25) is 0 Å². The highest BCUT2D eigenvalue weighted by molar-refractivity contribution is 4.63. The molecule has 13 heavy (non-hydrogen) atoms. The molecule has 2 nitrogen and oxygen atoms in total. The highest BCUT2D eigenvalue weighted by Gasteiger charge is 2.12. The number of hydrogen-bond acceptors (Lipinski definition) is 2. The molecule has 1 N–H and O–H groups in total. The van der Waals surface area contributed by atoms with Crippen LogP contribution in [0.5, 0.6) is 0 Å². The van der Waals surface area contributed by atoms with Gasteiger partial charge in [0.1, 0.15) is 0 Å². The summed E-state index contributed by atoms with van der Waals surface area (Å²) in [5.74, 6) is 0.845. The third kappa shape index (κ3) is 5.27. The maximum atomic E-state index is 5.44. The van der Waals surface area contributed by atoms with Gasteiger partial charge in [0.25, 0.3) is 0 Å². The van der Waals surface area contributed by atoms with Crippen LogP contribution in [0.2, 0.25) is 0 Å². The van der Waals surface area contributed by atoms with Crippen LogP contribution in [-0.4, -0.2) is 26.3 Å². The number of ether oxygens (including phenoxy) is 1. The van der Waals surface area contributed by atoms with Gasteiger partial charge >= 0.3 is 0 Å². The molecule has 1 unspecified atom stereocenters. The van der Waals surface area contributed by atoms with E-state index in [0.29, 0.717) is 0 Å². The van der Waals surface area contributed by atoms with Gasteiger partial charge in [0.2, 0.25) is 0 Å². The van der Waals surface area contributed by atoms with Crippen molar-refractivity contribution in [1.29, 1.82) is 0 Å². The number of hydrogen-bond donors (Lipinski definition) is 1. The van der Waals surface area contributed by atoms with E-state index < -0.39 is 0 Å². The summed E-state index contributed by atoms with van der Waals surface area (Å²) >= 11 is 0.